The number of esters is 1. The van der Waals surface area contributed by atoms with Crippen molar-refractivity contribution in [3.63, 3.8) is 0 Å². The van der Waals surface area contributed by atoms with E-state index < -0.39 is 17.3 Å². The summed E-state index contributed by atoms with van der Waals surface area (Å²) < 4.78 is 32.3. The van der Waals surface area contributed by atoms with Gasteiger partial charge in [0.15, 0.2) is 4.80 Å². The summed E-state index contributed by atoms with van der Waals surface area (Å²) in [5.74, 6) is -1.45. The van der Waals surface area contributed by atoms with Gasteiger partial charge >= 0.3 is 5.97 Å². The molecule has 2 aromatic carbocycles. The summed E-state index contributed by atoms with van der Waals surface area (Å²) in [7, 11) is 1.22. The highest BCUT2D eigenvalue weighted by molar-refractivity contribution is 7.11. The molecule has 0 aliphatic heterocycles. The Bertz CT molecular complexity index is 1090. The maximum Gasteiger partial charge on any atom is 0.348 e. The highest BCUT2D eigenvalue weighted by atomic mass is 32.1. The maximum absolute atomic E-state index is 13.1. The van der Waals surface area contributed by atoms with E-state index in [4.69, 9.17) is 0 Å². The van der Waals surface area contributed by atoms with Gasteiger partial charge in [-0.2, -0.15) is 0 Å². The number of halogens is 2. The quantitative estimate of drug-likeness (QED) is 0.645. The number of nitrogens with zero attached hydrogens (tertiary/aromatic N) is 2. The smallest absolute Gasteiger partial charge is 0.348 e. The molecule has 0 radical (unpaired) electrons. The summed E-state index contributed by atoms with van der Waals surface area (Å²) in [6, 6.07) is 12.3. The van der Waals surface area contributed by atoms with E-state index in [2.05, 4.69) is 9.73 Å². The van der Waals surface area contributed by atoms with E-state index in [0.717, 1.165) is 11.3 Å². The van der Waals surface area contributed by atoms with Crippen LogP contribution in [-0.4, -0.2) is 17.6 Å². The van der Waals surface area contributed by atoms with E-state index in [-0.39, 0.29) is 22.0 Å². The highest BCUT2D eigenvalue weighted by Crippen LogP contribution is 2.12. The zero-order chi connectivity index (χ0) is 19.4. The Hall–Kier alpha value is -3.13. The lowest BCUT2D eigenvalue weighted by Crippen LogP contribution is -2.33. The van der Waals surface area contributed by atoms with E-state index >= 15 is 0 Å². The molecule has 1 aromatic heterocycles. The first-order valence-electron chi connectivity index (χ1n) is 7.84. The molecule has 5 nitrogen and oxygen atoms in total. The average molecular weight is 388 g/mol. The Balaban J connectivity index is 2.15. The lowest BCUT2D eigenvalue weighted by molar-refractivity contribution is 0.0605. The normalized spacial score (nSPS) is 11.4. The molecule has 3 rings (SSSR count). The molecule has 0 unspecified atom stereocenters. The zero-order valence-electron chi connectivity index (χ0n) is 14.2. The highest BCUT2D eigenvalue weighted by Gasteiger charge is 2.12. The van der Waals surface area contributed by atoms with Gasteiger partial charge in [0.2, 0.25) is 0 Å². The average Bonchev–Trinajstić information content (AvgIpc) is 2.67. The van der Waals surface area contributed by atoms with Gasteiger partial charge in [0.05, 0.1) is 19.3 Å². The van der Waals surface area contributed by atoms with E-state index in [0.29, 0.717) is 11.3 Å². The molecule has 0 aliphatic rings. The van der Waals surface area contributed by atoms with Gasteiger partial charge in [0.1, 0.15) is 16.5 Å². The van der Waals surface area contributed by atoms with Gasteiger partial charge in [0, 0.05) is 6.07 Å². The molecule has 27 heavy (non-hydrogen) atoms. The minimum atomic E-state index is -0.651. The second-order valence-corrected chi connectivity index (χ2v) is 6.53. The van der Waals surface area contributed by atoms with Gasteiger partial charge in [-0.3, -0.25) is 9.36 Å². The van der Waals surface area contributed by atoms with Crippen molar-refractivity contribution >= 4 is 23.0 Å². The van der Waals surface area contributed by atoms with E-state index in [1.807, 2.05) is 0 Å². The van der Waals surface area contributed by atoms with Crippen LogP contribution in [0.1, 0.15) is 15.2 Å². The summed E-state index contributed by atoms with van der Waals surface area (Å²) in [5, 5.41) is 0. The Morgan fingerprint density at radius 2 is 1.67 bits per heavy atom. The van der Waals surface area contributed by atoms with Crippen molar-refractivity contribution in [1.29, 1.82) is 0 Å². The van der Waals surface area contributed by atoms with Gasteiger partial charge in [-0.15, -0.1) is 0 Å². The number of ether oxygens (including phenoxy) is 1. The number of methoxy groups -OCH3 is 1. The first kappa shape index (κ1) is 18.7. The lowest BCUT2D eigenvalue weighted by atomic mass is 10.2. The predicted molar refractivity (Wildman–Crippen MR) is 97.0 cm³/mol. The Morgan fingerprint density at radius 1 is 1.07 bits per heavy atom. The van der Waals surface area contributed by atoms with Gasteiger partial charge in [-0.1, -0.05) is 23.5 Å². The summed E-state index contributed by atoms with van der Waals surface area (Å²) in [4.78, 5) is 29.1. The molecule has 0 aliphatic carbocycles. The number of benzene rings is 2. The maximum atomic E-state index is 13.1. The SMILES string of the molecule is COC(=O)c1cc(=O)n(Cc2ccc(F)cc2)c(=Nc2ccc(F)cc2)s1. The number of rotatable bonds is 4. The molecule has 8 heteroatoms. The van der Waals surface area contributed by atoms with Crippen LogP contribution in [0.5, 0.6) is 0 Å². The Morgan fingerprint density at radius 3 is 2.26 bits per heavy atom. The van der Waals surface area contributed by atoms with E-state index in [1.54, 1.807) is 12.1 Å². The summed E-state index contributed by atoms with van der Waals surface area (Å²) in [6.07, 6.45) is 0. The molecule has 0 saturated heterocycles. The molecule has 0 saturated carbocycles. The lowest BCUT2D eigenvalue weighted by Gasteiger charge is -2.08. The molecule has 0 atom stereocenters. The molecule has 0 N–H and O–H groups in total. The largest absolute Gasteiger partial charge is 0.465 e. The van der Waals surface area contributed by atoms with Gasteiger partial charge in [-0.25, -0.2) is 18.6 Å². The van der Waals surface area contributed by atoms with Crippen LogP contribution in [0.25, 0.3) is 0 Å². The fraction of sp³-hybridized carbons (Fsp3) is 0.105. The van der Waals surface area contributed by atoms with Crippen molar-refractivity contribution in [1.82, 2.24) is 4.57 Å². The molecule has 1 heterocycles. The van der Waals surface area contributed by atoms with Gasteiger partial charge in [0.25, 0.3) is 5.56 Å². The minimum absolute atomic E-state index is 0.0960. The van der Waals surface area contributed by atoms with Crippen LogP contribution in [0.4, 0.5) is 14.5 Å². The molecule has 3 aromatic rings. The van der Waals surface area contributed by atoms with Crippen molar-refractivity contribution in [3.05, 3.63) is 91.8 Å². The minimum Gasteiger partial charge on any atom is -0.465 e. The third kappa shape index (κ3) is 4.53. The number of carbonyl (C=O) groups is 1. The van der Waals surface area contributed by atoms with Crippen molar-refractivity contribution in [2.75, 3.05) is 7.11 Å². The number of carbonyl (C=O) groups excluding carboxylic acids is 1. The molecule has 0 amide bonds. The van der Waals surface area contributed by atoms with Crippen molar-refractivity contribution < 1.29 is 18.3 Å². The first-order valence-corrected chi connectivity index (χ1v) is 8.66. The van der Waals surface area contributed by atoms with Crippen LogP contribution in [0.15, 0.2) is 64.4 Å². The molecule has 138 valence electrons. The molecule has 0 bridgehead atoms. The molecular weight excluding hydrogens is 374 g/mol. The predicted octanol–water partition coefficient (Wildman–Crippen LogP) is 3.26. The van der Waals surface area contributed by atoms with E-state index in [9.17, 15) is 18.4 Å². The van der Waals surface area contributed by atoms with Crippen LogP contribution in [0.3, 0.4) is 0 Å². The van der Waals surface area contributed by atoms with Crippen LogP contribution in [0.2, 0.25) is 0 Å². The Labute approximate surface area is 156 Å². The van der Waals surface area contributed by atoms with Crippen molar-refractivity contribution in [3.8, 4) is 0 Å². The van der Waals surface area contributed by atoms with Gasteiger partial charge in [-0.05, 0) is 42.0 Å². The van der Waals surface area contributed by atoms with Gasteiger partial charge < -0.3 is 4.74 Å². The second kappa shape index (κ2) is 8.05. The topological polar surface area (TPSA) is 60.7 Å². The van der Waals surface area contributed by atoms with Crippen LogP contribution < -0.4 is 10.4 Å². The van der Waals surface area contributed by atoms with Crippen LogP contribution >= 0.6 is 11.3 Å². The number of hydrogen-bond donors (Lipinski definition) is 0. The second-order valence-electron chi connectivity index (χ2n) is 5.52. The fourth-order valence-electron chi connectivity index (χ4n) is 2.30. The Kier molecular flexibility index (Phi) is 5.56. The summed E-state index contributed by atoms with van der Waals surface area (Å²) >= 11 is 0.971. The number of aromatic nitrogens is 1. The fourth-order valence-corrected chi connectivity index (χ4v) is 3.23. The third-order valence-electron chi connectivity index (χ3n) is 3.64. The number of hydrogen-bond acceptors (Lipinski definition) is 5. The standard InChI is InChI=1S/C19H14F2N2O3S/c1-26-18(25)16-10-17(24)23(11-12-2-4-13(20)5-3-12)19(27-16)22-15-8-6-14(21)7-9-15/h2-10H,11H2,1H3. The molecular formula is C19H14F2N2O3S. The molecule has 0 spiro atoms. The summed E-state index contributed by atoms with van der Waals surface area (Å²) in [5.41, 5.74) is 0.647. The zero-order valence-corrected chi connectivity index (χ0v) is 15.0. The van der Waals surface area contributed by atoms with Crippen LogP contribution in [0, 0.1) is 11.6 Å². The monoisotopic (exact) mass is 388 g/mol. The van der Waals surface area contributed by atoms with Crippen molar-refractivity contribution in [2.24, 2.45) is 4.99 Å². The van der Waals surface area contributed by atoms with Crippen molar-refractivity contribution in [2.45, 2.75) is 6.54 Å². The van der Waals surface area contributed by atoms with Crippen LogP contribution in [-0.2, 0) is 11.3 Å². The van der Waals surface area contributed by atoms with E-state index in [1.165, 1.54) is 54.1 Å². The summed E-state index contributed by atoms with van der Waals surface area (Å²) in [6.45, 7) is 0.136. The molecule has 0 fully saturated rings. The first-order chi connectivity index (χ1) is 13.0. The third-order valence-corrected chi connectivity index (χ3v) is 4.64.